The van der Waals surface area contributed by atoms with E-state index in [1.807, 2.05) is 30.3 Å². The highest BCUT2D eigenvalue weighted by atomic mass is 79.9. The maximum Gasteiger partial charge on any atom is 0.110 e. The fraction of sp³-hybridized carbons (Fsp3) is 0. The van der Waals surface area contributed by atoms with Gasteiger partial charge in [-0.2, -0.15) is 5.26 Å². The second-order valence-electron chi connectivity index (χ2n) is 2.76. The molecule has 1 nitrogen and oxygen atoms in total. The van der Waals surface area contributed by atoms with Crippen molar-refractivity contribution >= 4 is 39.0 Å². The minimum atomic E-state index is 0.754. The zero-order chi connectivity index (χ0) is 10.7. The van der Waals surface area contributed by atoms with E-state index in [0.29, 0.717) is 0 Å². The minimum absolute atomic E-state index is 0.754. The average Bonchev–Trinajstić information content (AvgIpc) is 2.69. The van der Waals surface area contributed by atoms with Gasteiger partial charge < -0.3 is 0 Å². The summed E-state index contributed by atoms with van der Waals surface area (Å²) >= 11 is 6.68. The molecule has 15 heavy (non-hydrogen) atoms. The first-order valence-corrected chi connectivity index (χ1v) is 6.64. The van der Waals surface area contributed by atoms with Crippen LogP contribution in [0.1, 0.15) is 4.88 Å². The molecule has 0 spiro atoms. The smallest absolute Gasteiger partial charge is 0.110 e. The molecule has 1 heterocycles. The van der Waals surface area contributed by atoms with Crippen molar-refractivity contribution in [1.29, 1.82) is 5.26 Å². The van der Waals surface area contributed by atoms with E-state index in [1.165, 1.54) is 16.2 Å². The first kappa shape index (κ1) is 10.7. The molecule has 0 atom stereocenters. The van der Waals surface area contributed by atoms with Crippen LogP contribution in [0, 0.1) is 11.3 Å². The number of halogens is 1. The molecule has 74 valence electrons. The van der Waals surface area contributed by atoms with Gasteiger partial charge in [0.1, 0.15) is 10.9 Å². The SMILES string of the molecule is N#Cc1ccc(Sc2ccccc2Br)s1. The molecule has 0 amide bonds. The molecule has 0 bridgehead atoms. The number of thiophene rings is 1. The predicted octanol–water partition coefficient (Wildman–Crippen LogP) is 4.53. The molecule has 0 aliphatic rings. The molecule has 2 rings (SSSR count). The Hall–Kier alpha value is -0.760. The highest BCUT2D eigenvalue weighted by Crippen LogP contribution is 2.36. The van der Waals surface area contributed by atoms with E-state index in [9.17, 15) is 0 Å². The topological polar surface area (TPSA) is 23.8 Å². The largest absolute Gasteiger partial charge is 0.192 e. The van der Waals surface area contributed by atoms with E-state index in [0.717, 1.165) is 13.6 Å². The molecule has 0 aliphatic carbocycles. The summed E-state index contributed by atoms with van der Waals surface area (Å²) in [6, 6.07) is 14.0. The molecule has 0 aliphatic heterocycles. The van der Waals surface area contributed by atoms with Crippen molar-refractivity contribution in [2.45, 2.75) is 9.10 Å². The number of nitriles is 1. The van der Waals surface area contributed by atoms with E-state index >= 15 is 0 Å². The van der Waals surface area contributed by atoms with Crippen molar-refractivity contribution in [3.63, 3.8) is 0 Å². The van der Waals surface area contributed by atoms with Crippen LogP contribution in [-0.2, 0) is 0 Å². The fourth-order valence-electron chi connectivity index (χ4n) is 1.07. The quantitative estimate of drug-likeness (QED) is 0.812. The van der Waals surface area contributed by atoms with Crippen LogP contribution in [-0.4, -0.2) is 0 Å². The molecule has 0 saturated heterocycles. The molecule has 0 radical (unpaired) electrons. The first-order chi connectivity index (χ1) is 7.29. The number of hydrogen-bond donors (Lipinski definition) is 0. The second kappa shape index (κ2) is 4.84. The monoisotopic (exact) mass is 295 g/mol. The van der Waals surface area contributed by atoms with Crippen LogP contribution < -0.4 is 0 Å². The summed E-state index contributed by atoms with van der Waals surface area (Å²) in [7, 11) is 0. The Balaban J connectivity index is 2.23. The van der Waals surface area contributed by atoms with E-state index in [4.69, 9.17) is 5.26 Å². The summed E-state index contributed by atoms with van der Waals surface area (Å²) in [6.45, 7) is 0. The van der Waals surface area contributed by atoms with Crippen LogP contribution in [0.25, 0.3) is 0 Å². The lowest BCUT2D eigenvalue weighted by Gasteiger charge is -2.00. The molecular formula is C11H6BrNS2. The zero-order valence-corrected chi connectivity index (χ0v) is 10.8. The molecule has 1 aromatic carbocycles. The molecule has 4 heteroatoms. The lowest BCUT2D eigenvalue weighted by molar-refractivity contribution is 1.40. The molecular weight excluding hydrogens is 290 g/mol. The average molecular weight is 296 g/mol. The van der Waals surface area contributed by atoms with Gasteiger partial charge in [0.25, 0.3) is 0 Å². The van der Waals surface area contributed by atoms with E-state index in [-0.39, 0.29) is 0 Å². The van der Waals surface area contributed by atoms with Crippen molar-refractivity contribution in [3.8, 4) is 6.07 Å². The third-order valence-corrected chi connectivity index (χ3v) is 4.89. The maximum atomic E-state index is 8.71. The van der Waals surface area contributed by atoms with Crippen LogP contribution in [0.5, 0.6) is 0 Å². The second-order valence-corrected chi connectivity index (χ2v) is 6.04. The Morgan fingerprint density at radius 2 is 2.00 bits per heavy atom. The Morgan fingerprint density at radius 3 is 2.67 bits per heavy atom. The van der Waals surface area contributed by atoms with Gasteiger partial charge in [0.2, 0.25) is 0 Å². The maximum absolute atomic E-state index is 8.71. The van der Waals surface area contributed by atoms with Crippen LogP contribution in [0.3, 0.4) is 0 Å². The molecule has 0 fully saturated rings. The highest BCUT2D eigenvalue weighted by molar-refractivity contribution is 9.10. The van der Waals surface area contributed by atoms with Gasteiger partial charge in [-0.15, -0.1) is 11.3 Å². The lowest BCUT2D eigenvalue weighted by atomic mass is 10.4. The van der Waals surface area contributed by atoms with Crippen molar-refractivity contribution in [2.24, 2.45) is 0 Å². The van der Waals surface area contributed by atoms with E-state index in [2.05, 4.69) is 28.1 Å². The van der Waals surface area contributed by atoms with Crippen molar-refractivity contribution in [1.82, 2.24) is 0 Å². The first-order valence-electron chi connectivity index (χ1n) is 4.22. The third-order valence-electron chi connectivity index (χ3n) is 1.74. The third kappa shape index (κ3) is 2.63. The normalized spacial score (nSPS) is 9.87. The highest BCUT2D eigenvalue weighted by Gasteiger charge is 2.04. The van der Waals surface area contributed by atoms with Gasteiger partial charge in [-0.1, -0.05) is 23.9 Å². The zero-order valence-electron chi connectivity index (χ0n) is 7.61. The van der Waals surface area contributed by atoms with Crippen molar-refractivity contribution in [3.05, 3.63) is 45.7 Å². The van der Waals surface area contributed by atoms with Gasteiger partial charge in [0.05, 0.1) is 4.21 Å². The van der Waals surface area contributed by atoms with Crippen molar-refractivity contribution < 1.29 is 0 Å². The Kier molecular flexibility index (Phi) is 3.47. The number of benzene rings is 1. The Bertz CT molecular complexity index is 513. The predicted molar refractivity (Wildman–Crippen MR) is 67.3 cm³/mol. The summed E-state index contributed by atoms with van der Waals surface area (Å²) in [5.74, 6) is 0. The van der Waals surface area contributed by atoms with Crippen LogP contribution in [0.2, 0.25) is 0 Å². The molecule has 0 N–H and O–H groups in total. The molecule has 1 aromatic heterocycles. The Morgan fingerprint density at radius 1 is 1.20 bits per heavy atom. The molecule has 2 aromatic rings. The van der Waals surface area contributed by atoms with Gasteiger partial charge in [-0.05, 0) is 40.2 Å². The van der Waals surface area contributed by atoms with Gasteiger partial charge in [0.15, 0.2) is 0 Å². The minimum Gasteiger partial charge on any atom is -0.192 e. The van der Waals surface area contributed by atoms with Gasteiger partial charge >= 0.3 is 0 Å². The summed E-state index contributed by atoms with van der Waals surface area (Å²) in [6.07, 6.45) is 0. The fourth-order valence-corrected chi connectivity index (χ4v) is 3.50. The molecule has 0 saturated carbocycles. The van der Waals surface area contributed by atoms with Crippen LogP contribution in [0.15, 0.2) is 50.0 Å². The van der Waals surface area contributed by atoms with E-state index in [1.54, 1.807) is 11.8 Å². The van der Waals surface area contributed by atoms with E-state index < -0.39 is 0 Å². The van der Waals surface area contributed by atoms with Crippen molar-refractivity contribution in [2.75, 3.05) is 0 Å². The number of nitrogens with zero attached hydrogens (tertiary/aromatic N) is 1. The number of hydrogen-bond acceptors (Lipinski definition) is 3. The Labute approximate surface area is 105 Å². The lowest BCUT2D eigenvalue weighted by Crippen LogP contribution is -1.71. The van der Waals surface area contributed by atoms with Gasteiger partial charge in [0, 0.05) is 9.37 Å². The van der Waals surface area contributed by atoms with Crippen LogP contribution in [0.4, 0.5) is 0 Å². The number of rotatable bonds is 2. The van der Waals surface area contributed by atoms with Crippen LogP contribution >= 0.6 is 39.0 Å². The molecule has 0 unspecified atom stereocenters. The summed E-state index contributed by atoms with van der Waals surface area (Å²) in [5, 5.41) is 8.71. The summed E-state index contributed by atoms with van der Waals surface area (Å²) in [4.78, 5) is 1.92. The summed E-state index contributed by atoms with van der Waals surface area (Å²) < 4.78 is 2.22. The van der Waals surface area contributed by atoms with Gasteiger partial charge in [-0.3, -0.25) is 0 Å². The standard InChI is InChI=1S/C11H6BrNS2/c12-9-3-1-2-4-10(9)15-11-6-5-8(7-13)14-11/h1-6H. The summed E-state index contributed by atoms with van der Waals surface area (Å²) in [5.41, 5.74) is 0. The van der Waals surface area contributed by atoms with Gasteiger partial charge in [-0.25, -0.2) is 0 Å².